The molecule has 2 aromatic rings. The lowest BCUT2D eigenvalue weighted by molar-refractivity contribution is -0.139. The van der Waals surface area contributed by atoms with Gasteiger partial charge in [-0.25, -0.2) is 4.79 Å². The van der Waals surface area contributed by atoms with Gasteiger partial charge in [-0.15, -0.1) is 0 Å². The van der Waals surface area contributed by atoms with Crippen molar-refractivity contribution in [3.05, 3.63) is 71.8 Å². The van der Waals surface area contributed by atoms with Crippen LogP contribution in [0.5, 0.6) is 0 Å². The lowest BCUT2D eigenvalue weighted by Gasteiger charge is -2.30. The molecule has 0 fully saturated rings. The maximum atomic E-state index is 12.3. The van der Waals surface area contributed by atoms with Crippen LogP contribution >= 0.6 is 11.9 Å². The summed E-state index contributed by atoms with van der Waals surface area (Å²) in [7, 11) is 0. The summed E-state index contributed by atoms with van der Waals surface area (Å²) in [5, 5.41) is 0. The van der Waals surface area contributed by atoms with Crippen LogP contribution in [0.2, 0.25) is 0 Å². The van der Waals surface area contributed by atoms with Gasteiger partial charge in [0.15, 0.2) is 0 Å². The summed E-state index contributed by atoms with van der Waals surface area (Å²) in [6.45, 7) is 1.95. The molecule has 0 amide bonds. The Morgan fingerprint density at radius 2 is 1.42 bits per heavy atom. The molecular formula is C16H15ClO2. The summed E-state index contributed by atoms with van der Waals surface area (Å²) < 4.78 is 4.55. The third-order valence-electron chi connectivity index (χ3n) is 3.48. The highest BCUT2D eigenvalue weighted by molar-refractivity contribution is 6.15. The maximum Gasteiger partial charge on any atom is 0.339 e. The Morgan fingerprint density at radius 3 is 1.74 bits per heavy atom. The van der Waals surface area contributed by atoms with Crippen LogP contribution in [0.4, 0.5) is 0 Å². The summed E-state index contributed by atoms with van der Waals surface area (Å²) in [4.78, 5) is 12.3. The van der Waals surface area contributed by atoms with E-state index in [-0.39, 0.29) is 0 Å². The molecule has 0 aliphatic rings. The second kappa shape index (κ2) is 5.89. The van der Waals surface area contributed by atoms with Crippen molar-refractivity contribution in [3.63, 3.8) is 0 Å². The fourth-order valence-electron chi connectivity index (χ4n) is 2.47. The molecule has 98 valence electrons. The molecule has 2 aromatic carbocycles. The highest BCUT2D eigenvalue weighted by Crippen LogP contribution is 2.37. The minimum Gasteiger partial charge on any atom is -0.346 e. The lowest BCUT2D eigenvalue weighted by atomic mass is 9.72. The number of carbonyl (C=O) groups excluding carboxylic acids is 1. The fraction of sp³-hybridized carbons (Fsp3) is 0.188. The maximum absolute atomic E-state index is 12.3. The first-order chi connectivity index (χ1) is 9.25. The van der Waals surface area contributed by atoms with E-state index in [1.54, 1.807) is 0 Å². The molecule has 0 bridgehead atoms. The van der Waals surface area contributed by atoms with E-state index in [0.29, 0.717) is 6.42 Å². The summed E-state index contributed by atoms with van der Waals surface area (Å²) in [6, 6.07) is 19.1. The second-order valence-corrected chi connectivity index (χ2v) is 4.51. The molecule has 2 nitrogen and oxygen atoms in total. The highest BCUT2D eigenvalue weighted by Gasteiger charge is 2.42. The largest absolute Gasteiger partial charge is 0.346 e. The third-order valence-corrected chi connectivity index (χ3v) is 3.62. The predicted molar refractivity (Wildman–Crippen MR) is 75.9 cm³/mol. The van der Waals surface area contributed by atoms with E-state index in [1.807, 2.05) is 67.6 Å². The zero-order chi connectivity index (χ0) is 13.7. The van der Waals surface area contributed by atoms with Gasteiger partial charge in [0.2, 0.25) is 0 Å². The molecule has 0 unspecified atom stereocenters. The molecule has 0 spiro atoms. The van der Waals surface area contributed by atoms with Crippen LogP contribution in [0, 0.1) is 0 Å². The molecule has 3 heteroatoms. The van der Waals surface area contributed by atoms with E-state index in [0.717, 1.165) is 11.1 Å². The quantitative estimate of drug-likeness (QED) is 0.840. The van der Waals surface area contributed by atoms with Crippen molar-refractivity contribution < 1.29 is 9.08 Å². The number of carbonyl (C=O) groups is 1. The van der Waals surface area contributed by atoms with Gasteiger partial charge >= 0.3 is 5.97 Å². The van der Waals surface area contributed by atoms with Gasteiger partial charge in [0, 0.05) is 0 Å². The molecular weight excluding hydrogens is 260 g/mol. The van der Waals surface area contributed by atoms with Crippen molar-refractivity contribution in [3.8, 4) is 0 Å². The molecule has 0 atom stereocenters. The van der Waals surface area contributed by atoms with E-state index in [9.17, 15) is 4.79 Å². The van der Waals surface area contributed by atoms with Crippen LogP contribution in [-0.2, 0) is 14.5 Å². The molecule has 19 heavy (non-hydrogen) atoms. The molecule has 0 aliphatic carbocycles. The SMILES string of the molecule is CCC(C(=O)OCl)(c1ccccc1)c1ccccc1. The van der Waals surface area contributed by atoms with E-state index >= 15 is 0 Å². The topological polar surface area (TPSA) is 26.3 Å². The van der Waals surface area contributed by atoms with Gasteiger partial charge in [-0.05, 0) is 17.5 Å². The highest BCUT2D eigenvalue weighted by atomic mass is 35.5. The van der Waals surface area contributed by atoms with Gasteiger partial charge in [-0.1, -0.05) is 67.6 Å². The Labute approximate surface area is 118 Å². The second-order valence-electron chi connectivity index (χ2n) is 4.36. The molecule has 0 saturated heterocycles. The zero-order valence-electron chi connectivity index (χ0n) is 10.7. The molecule has 0 N–H and O–H groups in total. The summed E-state index contributed by atoms with van der Waals surface area (Å²) in [5.41, 5.74) is 0.910. The van der Waals surface area contributed by atoms with Crippen LogP contribution in [0.15, 0.2) is 60.7 Å². The minimum atomic E-state index is -0.857. The van der Waals surface area contributed by atoms with Gasteiger partial charge < -0.3 is 4.29 Å². The Bertz CT molecular complexity index is 498. The number of halogens is 1. The van der Waals surface area contributed by atoms with Gasteiger partial charge in [0.25, 0.3) is 0 Å². The first kappa shape index (κ1) is 13.6. The first-order valence-electron chi connectivity index (χ1n) is 6.19. The van der Waals surface area contributed by atoms with Crippen LogP contribution in [0.1, 0.15) is 24.5 Å². The molecule has 0 radical (unpaired) electrons. The van der Waals surface area contributed by atoms with E-state index < -0.39 is 11.4 Å². The van der Waals surface area contributed by atoms with Gasteiger partial charge in [-0.3, -0.25) is 0 Å². The Hall–Kier alpha value is -1.80. The Kier molecular flexibility index (Phi) is 4.23. The molecule has 0 aromatic heterocycles. The monoisotopic (exact) mass is 274 g/mol. The smallest absolute Gasteiger partial charge is 0.339 e. The van der Waals surface area contributed by atoms with Crippen molar-refractivity contribution in [2.45, 2.75) is 18.8 Å². The van der Waals surface area contributed by atoms with E-state index in [4.69, 9.17) is 11.9 Å². The van der Waals surface area contributed by atoms with Gasteiger partial charge in [0.05, 0.1) is 0 Å². The third kappa shape index (κ3) is 2.36. The number of hydrogen-bond donors (Lipinski definition) is 0. The van der Waals surface area contributed by atoms with Crippen molar-refractivity contribution >= 4 is 17.8 Å². The standard InChI is InChI=1S/C16H15ClO2/c1-2-16(15(18)19-17,13-9-5-3-6-10-13)14-11-7-4-8-12-14/h3-12H,2H2,1H3. The van der Waals surface area contributed by atoms with Crippen molar-refractivity contribution in [2.75, 3.05) is 0 Å². The summed E-state index contributed by atoms with van der Waals surface area (Å²) in [6.07, 6.45) is 0.576. The van der Waals surface area contributed by atoms with Crippen molar-refractivity contribution in [1.29, 1.82) is 0 Å². The zero-order valence-corrected chi connectivity index (χ0v) is 11.4. The summed E-state index contributed by atoms with van der Waals surface area (Å²) in [5.74, 6) is -0.450. The van der Waals surface area contributed by atoms with Crippen molar-refractivity contribution in [1.82, 2.24) is 0 Å². The van der Waals surface area contributed by atoms with Crippen LogP contribution in [0.25, 0.3) is 0 Å². The van der Waals surface area contributed by atoms with E-state index in [2.05, 4.69) is 4.29 Å². The fourth-order valence-corrected chi connectivity index (χ4v) is 2.60. The average molecular weight is 275 g/mol. The Morgan fingerprint density at radius 1 is 1.00 bits per heavy atom. The van der Waals surface area contributed by atoms with Gasteiger partial charge in [-0.2, -0.15) is 0 Å². The molecule has 0 saturated carbocycles. The number of hydrogen-bond acceptors (Lipinski definition) is 2. The van der Waals surface area contributed by atoms with Crippen LogP contribution in [0.3, 0.4) is 0 Å². The van der Waals surface area contributed by atoms with Crippen LogP contribution < -0.4 is 0 Å². The Balaban J connectivity index is 2.66. The first-order valence-corrected chi connectivity index (χ1v) is 6.50. The average Bonchev–Trinajstić information content (AvgIpc) is 2.50. The lowest BCUT2D eigenvalue weighted by Crippen LogP contribution is -2.36. The van der Waals surface area contributed by atoms with Crippen molar-refractivity contribution in [2.24, 2.45) is 0 Å². The normalized spacial score (nSPS) is 11.1. The van der Waals surface area contributed by atoms with E-state index in [1.165, 1.54) is 0 Å². The predicted octanol–water partition coefficient (Wildman–Crippen LogP) is 4.08. The molecule has 0 aliphatic heterocycles. The summed E-state index contributed by atoms with van der Waals surface area (Å²) >= 11 is 5.37. The van der Waals surface area contributed by atoms with Crippen LogP contribution in [-0.4, -0.2) is 5.97 Å². The number of rotatable bonds is 4. The van der Waals surface area contributed by atoms with Gasteiger partial charge in [0.1, 0.15) is 17.3 Å². The minimum absolute atomic E-state index is 0.450. The molecule has 0 heterocycles. The molecule has 2 rings (SSSR count). The number of benzene rings is 2.